The van der Waals surface area contributed by atoms with Gasteiger partial charge in [0.05, 0.1) is 4.92 Å². The Morgan fingerprint density at radius 1 is 1.12 bits per heavy atom. The summed E-state index contributed by atoms with van der Waals surface area (Å²) < 4.78 is 26.6. The van der Waals surface area contributed by atoms with Crippen molar-refractivity contribution >= 4 is 27.3 Å². The van der Waals surface area contributed by atoms with Crippen molar-refractivity contribution in [3.63, 3.8) is 0 Å². The van der Waals surface area contributed by atoms with Crippen LogP contribution in [0.4, 0.5) is 11.4 Å². The fourth-order valence-corrected chi connectivity index (χ4v) is 3.27. The van der Waals surface area contributed by atoms with Crippen LogP contribution in [0, 0.1) is 17.0 Å². The van der Waals surface area contributed by atoms with Gasteiger partial charge in [-0.3, -0.25) is 14.9 Å². The van der Waals surface area contributed by atoms with E-state index in [1.165, 1.54) is 12.1 Å². The summed E-state index contributed by atoms with van der Waals surface area (Å²) in [4.78, 5) is 21.6. The summed E-state index contributed by atoms with van der Waals surface area (Å²) in [6.07, 6.45) is -0.103. The molecule has 0 aliphatic heterocycles. The summed E-state index contributed by atoms with van der Waals surface area (Å²) >= 11 is 0. The van der Waals surface area contributed by atoms with Crippen LogP contribution in [0.15, 0.2) is 53.4 Å². The van der Waals surface area contributed by atoms with Crippen molar-refractivity contribution < 1.29 is 18.1 Å². The first-order chi connectivity index (χ1) is 11.8. The molecule has 2 N–H and O–H groups in total. The molecule has 0 saturated heterocycles. The third kappa shape index (κ3) is 5.10. The Hall–Kier alpha value is -2.78. The van der Waals surface area contributed by atoms with Gasteiger partial charge < -0.3 is 5.32 Å². The molecule has 2 aromatic carbocycles. The Morgan fingerprint density at radius 3 is 2.40 bits per heavy atom. The van der Waals surface area contributed by atoms with Crippen LogP contribution in [0.1, 0.15) is 12.0 Å². The van der Waals surface area contributed by atoms with Gasteiger partial charge in [0.15, 0.2) is 4.90 Å². The molecule has 0 aliphatic rings. The van der Waals surface area contributed by atoms with Crippen molar-refractivity contribution in [2.24, 2.45) is 0 Å². The van der Waals surface area contributed by atoms with Crippen LogP contribution >= 0.6 is 0 Å². The second kappa shape index (κ2) is 7.86. The topological polar surface area (TPSA) is 118 Å². The highest BCUT2D eigenvalue weighted by Gasteiger charge is 2.24. The molecule has 0 saturated carbocycles. The summed E-state index contributed by atoms with van der Waals surface area (Å²) in [5.74, 6) is -0.367. The predicted molar refractivity (Wildman–Crippen MR) is 92.7 cm³/mol. The molecule has 0 spiro atoms. The SMILES string of the molecule is Cc1ccc(NC(=O)CCNS(=O)(=O)c2ccccc2[N+](=O)[O-])cc1. The maximum Gasteiger partial charge on any atom is 0.289 e. The molecule has 9 heteroatoms. The van der Waals surface area contributed by atoms with E-state index in [1.807, 2.05) is 19.1 Å². The number of sulfonamides is 1. The number of hydrogen-bond donors (Lipinski definition) is 2. The monoisotopic (exact) mass is 363 g/mol. The molecule has 25 heavy (non-hydrogen) atoms. The Kier molecular flexibility index (Phi) is 5.84. The summed E-state index contributed by atoms with van der Waals surface area (Å²) in [7, 11) is -4.08. The van der Waals surface area contributed by atoms with Gasteiger partial charge in [0.25, 0.3) is 5.69 Å². The molecule has 0 aliphatic carbocycles. The Morgan fingerprint density at radius 2 is 1.76 bits per heavy atom. The number of hydrogen-bond acceptors (Lipinski definition) is 5. The molecule has 0 heterocycles. The first-order valence-corrected chi connectivity index (χ1v) is 8.87. The van der Waals surface area contributed by atoms with Gasteiger partial charge in [0.2, 0.25) is 15.9 Å². The number of anilines is 1. The Bertz CT molecular complexity index is 879. The fraction of sp³-hybridized carbons (Fsp3) is 0.188. The van der Waals surface area contributed by atoms with E-state index in [2.05, 4.69) is 10.0 Å². The molecule has 0 radical (unpaired) electrons. The molecule has 1 amide bonds. The summed E-state index contributed by atoms with van der Waals surface area (Å²) in [6.45, 7) is 1.75. The lowest BCUT2D eigenvalue weighted by Gasteiger charge is -2.08. The average molecular weight is 363 g/mol. The molecule has 0 bridgehead atoms. The number of nitrogens with one attached hydrogen (secondary N) is 2. The highest BCUT2D eigenvalue weighted by Crippen LogP contribution is 2.22. The van der Waals surface area contributed by atoms with Gasteiger partial charge in [0, 0.05) is 24.7 Å². The number of nitrogens with zero attached hydrogens (tertiary/aromatic N) is 1. The lowest BCUT2D eigenvalue weighted by Crippen LogP contribution is -2.28. The van der Waals surface area contributed by atoms with E-state index >= 15 is 0 Å². The van der Waals surface area contributed by atoms with Crippen molar-refractivity contribution in [1.29, 1.82) is 0 Å². The second-order valence-corrected chi connectivity index (χ2v) is 7.02. The van der Waals surface area contributed by atoms with E-state index in [4.69, 9.17) is 0 Å². The number of rotatable bonds is 7. The number of aryl methyl sites for hydroxylation is 1. The highest BCUT2D eigenvalue weighted by molar-refractivity contribution is 7.89. The van der Waals surface area contributed by atoms with Crippen molar-refractivity contribution in [1.82, 2.24) is 4.72 Å². The summed E-state index contributed by atoms with van der Waals surface area (Å²) in [6, 6.07) is 12.2. The minimum atomic E-state index is -4.08. The largest absolute Gasteiger partial charge is 0.326 e. The molecule has 132 valence electrons. The Labute approximate surface area is 145 Å². The lowest BCUT2D eigenvalue weighted by atomic mass is 10.2. The maximum absolute atomic E-state index is 12.2. The lowest BCUT2D eigenvalue weighted by molar-refractivity contribution is -0.387. The minimum Gasteiger partial charge on any atom is -0.326 e. The standard InChI is InChI=1S/C16H17N3O5S/c1-12-6-8-13(9-7-12)18-16(20)10-11-17-25(23,24)15-5-3-2-4-14(15)19(21)22/h2-9,17H,10-11H2,1H3,(H,18,20). The van der Waals surface area contributed by atoms with Gasteiger partial charge in [-0.2, -0.15) is 0 Å². The van der Waals surface area contributed by atoms with Gasteiger partial charge in [-0.1, -0.05) is 29.8 Å². The van der Waals surface area contributed by atoms with Crippen LogP contribution in [0.2, 0.25) is 0 Å². The number of nitro benzene ring substituents is 1. The van der Waals surface area contributed by atoms with E-state index in [1.54, 1.807) is 12.1 Å². The molecule has 0 fully saturated rings. The van der Waals surface area contributed by atoms with Gasteiger partial charge in [-0.05, 0) is 25.1 Å². The molecule has 0 unspecified atom stereocenters. The summed E-state index contributed by atoms with van der Waals surface area (Å²) in [5.41, 5.74) is 1.14. The number of amides is 1. The molecule has 8 nitrogen and oxygen atoms in total. The van der Waals surface area contributed by atoms with E-state index in [9.17, 15) is 23.3 Å². The van der Waals surface area contributed by atoms with Crippen molar-refractivity contribution in [3.8, 4) is 0 Å². The zero-order valence-electron chi connectivity index (χ0n) is 13.4. The van der Waals surface area contributed by atoms with Crippen LogP contribution in [0.25, 0.3) is 0 Å². The van der Waals surface area contributed by atoms with Crippen LogP contribution in [-0.2, 0) is 14.8 Å². The normalized spacial score (nSPS) is 11.1. The first-order valence-electron chi connectivity index (χ1n) is 7.39. The van der Waals surface area contributed by atoms with Gasteiger partial charge in [0.1, 0.15) is 0 Å². The maximum atomic E-state index is 12.2. The predicted octanol–water partition coefficient (Wildman–Crippen LogP) is 2.21. The average Bonchev–Trinajstić information content (AvgIpc) is 2.57. The summed E-state index contributed by atoms with van der Waals surface area (Å²) in [5, 5.41) is 13.6. The van der Waals surface area contributed by atoms with Gasteiger partial charge >= 0.3 is 0 Å². The smallest absolute Gasteiger partial charge is 0.289 e. The van der Waals surface area contributed by atoms with E-state index in [0.717, 1.165) is 17.7 Å². The van der Waals surface area contributed by atoms with Crippen LogP contribution < -0.4 is 10.0 Å². The molecular formula is C16H17N3O5S. The third-order valence-electron chi connectivity index (χ3n) is 3.33. The first kappa shape index (κ1) is 18.6. The second-order valence-electron chi connectivity index (χ2n) is 5.29. The van der Waals surface area contributed by atoms with E-state index < -0.39 is 25.5 Å². The van der Waals surface area contributed by atoms with Crippen LogP contribution in [0.3, 0.4) is 0 Å². The number of nitro groups is 1. The van der Waals surface area contributed by atoms with Gasteiger partial charge in [-0.15, -0.1) is 0 Å². The molecule has 0 atom stereocenters. The van der Waals surface area contributed by atoms with Crippen molar-refractivity contribution in [2.45, 2.75) is 18.2 Å². The number of carbonyl (C=O) groups is 1. The van der Waals surface area contributed by atoms with E-state index in [0.29, 0.717) is 5.69 Å². The van der Waals surface area contributed by atoms with E-state index in [-0.39, 0.29) is 18.9 Å². The van der Waals surface area contributed by atoms with Crippen LogP contribution in [-0.4, -0.2) is 25.8 Å². The number of para-hydroxylation sites is 1. The Balaban J connectivity index is 1.95. The minimum absolute atomic E-state index is 0.103. The van der Waals surface area contributed by atoms with Crippen molar-refractivity contribution in [2.75, 3.05) is 11.9 Å². The molecule has 0 aromatic heterocycles. The number of carbonyl (C=O) groups excluding carboxylic acids is 1. The zero-order chi connectivity index (χ0) is 18.4. The highest BCUT2D eigenvalue weighted by atomic mass is 32.2. The molecule has 2 aromatic rings. The molecular weight excluding hydrogens is 346 g/mol. The van der Waals surface area contributed by atoms with Crippen molar-refractivity contribution in [3.05, 3.63) is 64.2 Å². The quantitative estimate of drug-likeness (QED) is 0.577. The van der Waals surface area contributed by atoms with Gasteiger partial charge in [-0.25, -0.2) is 13.1 Å². The van der Waals surface area contributed by atoms with Crippen LogP contribution in [0.5, 0.6) is 0 Å². The third-order valence-corrected chi connectivity index (χ3v) is 4.84. The zero-order valence-corrected chi connectivity index (χ0v) is 14.2. The molecule has 2 rings (SSSR count). The fourth-order valence-electron chi connectivity index (χ4n) is 2.07. The number of benzene rings is 2.